The molecule has 254 valence electrons. The van der Waals surface area contributed by atoms with E-state index in [0.29, 0.717) is 32.0 Å². The van der Waals surface area contributed by atoms with Gasteiger partial charge in [0.1, 0.15) is 11.5 Å². The average Bonchev–Trinajstić information content (AvgIpc) is 3.53. The topological polar surface area (TPSA) is 129 Å². The highest BCUT2D eigenvalue weighted by molar-refractivity contribution is 7.89. The van der Waals surface area contributed by atoms with Gasteiger partial charge in [0, 0.05) is 28.2 Å². The number of nitrogens with zero attached hydrogens (tertiary/aromatic N) is 3. The molecule has 5 aromatic rings. The maximum absolute atomic E-state index is 13.6. The Morgan fingerprint density at radius 3 is 1.69 bits per heavy atom. The largest absolute Gasteiger partial charge is 0.459 e. The number of nitrogens with one attached hydrogen (secondary N) is 1. The van der Waals surface area contributed by atoms with E-state index in [9.17, 15) is 21.6 Å². The molecule has 0 unspecified atom stereocenters. The van der Waals surface area contributed by atoms with Crippen LogP contribution in [0.25, 0.3) is 0 Å². The van der Waals surface area contributed by atoms with Gasteiger partial charge in [-0.05, 0) is 83.9 Å². The van der Waals surface area contributed by atoms with Gasteiger partial charge in [-0.15, -0.1) is 0 Å². The van der Waals surface area contributed by atoms with E-state index in [2.05, 4.69) is 10.5 Å². The van der Waals surface area contributed by atoms with Gasteiger partial charge in [-0.1, -0.05) is 77.3 Å². The monoisotopic (exact) mass is 758 g/mol. The molecule has 49 heavy (non-hydrogen) atoms. The van der Waals surface area contributed by atoms with Gasteiger partial charge in [0.05, 0.1) is 29.1 Å². The first-order valence-corrected chi connectivity index (χ1v) is 18.6. The molecule has 1 amide bonds. The molecule has 0 bridgehead atoms. The molecule has 5 rings (SSSR count). The molecule has 1 heterocycles. The first-order chi connectivity index (χ1) is 23.4. The van der Waals surface area contributed by atoms with Crippen LogP contribution in [0, 0.1) is 0 Å². The van der Waals surface area contributed by atoms with Gasteiger partial charge in [0.25, 0.3) is 5.91 Å². The van der Waals surface area contributed by atoms with Crippen LogP contribution >= 0.6 is 34.8 Å². The predicted molar refractivity (Wildman–Crippen MR) is 189 cm³/mol. The average molecular weight is 760 g/mol. The molecule has 0 aliphatic heterocycles. The molecule has 10 nitrogen and oxygen atoms in total. The van der Waals surface area contributed by atoms with Crippen molar-refractivity contribution in [2.45, 2.75) is 29.4 Å². The van der Waals surface area contributed by atoms with E-state index in [1.165, 1.54) is 59.1 Å². The van der Waals surface area contributed by atoms with Crippen molar-refractivity contribution in [3.8, 4) is 0 Å². The smallest absolute Gasteiger partial charge is 0.255 e. The Labute approximate surface area is 299 Å². The van der Waals surface area contributed by atoms with E-state index < -0.39 is 32.5 Å². The molecule has 0 saturated heterocycles. The molecule has 0 spiro atoms. The minimum Gasteiger partial charge on any atom is -0.459 e. The van der Waals surface area contributed by atoms with E-state index in [4.69, 9.17) is 39.2 Å². The number of sulfonamides is 2. The maximum atomic E-state index is 13.6. The van der Waals surface area contributed by atoms with Gasteiger partial charge >= 0.3 is 0 Å². The van der Waals surface area contributed by atoms with Crippen LogP contribution in [0.3, 0.4) is 0 Å². The fourth-order valence-electron chi connectivity index (χ4n) is 4.63. The first-order valence-electron chi connectivity index (χ1n) is 14.6. The van der Waals surface area contributed by atoms with Crippen LogP contribution in [-0.4, -0.2) is 44.1 Å². The Hall–Kier alpha value is -4.01. The highest BCUT2D eigenvalue weighted by Crippen LogP contribution is 2.24. The second-order valence-electron chi connectivity index (χ2n) is 10.7. The quantitative estimate of drug-likeness (QED) is 0.0962. The number of furan rings is 1. The lowest BCUT2D eigenvalue weighted by Gasteiger charge is -2.21. The number of amides is 1. The number of benzene rings is 4. The van der Waals surface area contributed by atoms with E-state index in [1.807, 2.05) is 0 Å². The standard InChI is InChI=1S/C34H29Cl3N4O6S2/c35-27-8-6-26(7-9-27)22-40(48(43,44)32-16-10-28(36)11-17-32)23-31-15-14-30(47-31)20-38-39-34(42)24-41(21-25-4-2-1-3-5-25)49(45,46)33-18-12-29(37)13-19-33/h1-20H,21-24H2,(H,39,42)/b38-20-. The van der Waals surface area contributed by atoms with Gasteiger partial charge in [-0.3, -0.25) is 4.79 Å². The molecule has 0 fully saturated rings. The van der Waals surface area contributed by atoms with Gasteiger partial charge in [0.15, 0.2) is 0 Å². The van der Waals surface area contributed by atoms with Crippen molar-refractivity contribution in [2.75, 3.05) is 6.54 Å². The van der Waals surface area contributed by atoms with Crippen molar-refractivity contribution < 1.29 is 26.0 Å². The summed E-state index contributed by atoms with van der Waals surface area (Å²) in [5.41, 5.74) is 3.72. The number of rotatable bonds is 14. The van der Waals surface area contributed by atoms with Crippen molar-refractivity contribution in [1.82, 2.24) is 14.0 Å². The zero-order valence-corrected chi connectivity index (χ0v) is 29.5. The molecular formula is C34H29Cl3N4O6S2. The third kappa shape index (κ3) is 9.79. The highest BCUT2D eigenvalue weighted by Gasteiger charge is 2.28. The minimum absolute atomic E-state index is 0.0181. The summed E-state index contributed by atoms with van der Waals surface area (Å²) in [5, 5.41) is 5.22. The van der Waals surface area contributed by atoms with Crippen LogP contribution in [0.5, 0.6) is 0 Å². The summed E-state index contributed by atoms with van der Waals surface area (Å²) >= 11 is 17.9. The summed E-state index contributed by atoms with van der Waals surface area (Å²) in [5.74, 6) is -0.164. The molecule has 15 heteroatoms. The highest BCUT2D eigenvalue weighted by atomic mass is 35.5. The van der Waals surface area contributed by atoms with Crippen molar-refractivity contribution in [3.05, 3.63) is 153 Å². The predicted octanol–water partition coefficient (Wildman–Crippen LogP) is 6.97. The minimum atomic E-state index is -4.08. The van der Waals surface area contributed by atoms with Crippen molar-refractivity contribution in [3.63, 3.8) is 0 Å². The van der Waals surface area contributed by atoms with E-state index in [1.54, 1.807) is 66.7 Å². The Bertz CT molecular complexity index is 2130. The fourth-order valence-corrected chi connectivity index (χ4v) is 7.79. The zero-order chi connectivity index (χ0) is 35.0. The van der Waals surface area contributed by atoms with Gasteiger partial charge in [0.2, 0.25) is 20.0 Å². The number of carbonyl (C=O) groups excluding carboxylic acids is 1. The van der Waals surface area contributed by atoms with E-state index in [-0.39, 0.29) is 35.2 Å². The summed E-state index contributed by atoms with van der Waals surface area (Å²) in [7, 11) is -8.06. The van der Waals surface area contributed by atoms with Crippen LogP contribution in [0.15, 0.2) is 135 Å². The summed E-state index contributed by atoms with van der Waals surface area (Å²) in [4.78, 5) is 12.9. The second kappa shape index (κ2) is 16.1. The lowest BCUT2D eigenvalue weighted by Crippen LogP contribution is -2.39. The molecule has 0 aliphatic rings. The number of hydrogen-bond acceptors (Lipinski definition) is 7. The molecule has 0 atom stereocenters. The molecule has 0 aliphatic carbocycles. The second-order valence-corrected chi connectivity index (χ2v) is 15.8. The lowest BCUT2D eigenvalue weighted by atomic mass is 10.2. The number of halogens is 3. The summed E-state index contributed by atoms with van der Waals surface area (Å²) in [6.07, 6.45) is 1.23. The SMILES string of the molecule is O=C(CN(Cc1ccccc1)S(=O)(=O)c1ccc(Cl)cc1)N/N=C\c1ccc(CN(Cc2ccc(Cl)cc2)S(=O)(=O)c2ccc(Cl)cc2)o1. The molecule has 1 aromatic heterocycles. The number of hydrazone groups is 1. The van der Waals surface area contributed by atoms with Crippen molar-refractivity contribution in [2.24, 2.45) is 5.10 Å². The maximum Gasteiger partial charge on any atom is 0.255 e. The summed E-state index contributed by atoms with van der Waals surface area (Å²) in [6, 6.07) is 30.3. The molecule has 0 saturated carbocycles. The van der Waals surface area contributed by atoms with E-state index >= 15 is 0 Å². The Balaban J connectivity index is 1.28. The third-order valence-electron chi connectivity index (χ3n) is 7.09. The number of hydrogen-bond donors (Lipinski definition) is 1. The van der Waals surface area contributed by atoms with Gasteiger partial charge < -0.3 is 4.42 Å². The molecular weight excluding hydrogens is 731 g/mol. The Kier molecular flexibility index (Phi) is 11.9. The van der Waals surface area contributed by atoms with Crippen LogP contribution in [0.2, 0.25) is 15.1 Å². The fraction of sp³-hybridized carbons (Fsp3) is 0.118. The van der Waals surface area contributed by atoms with Crippen LogP contribution in [0.1, 0.15) is 22.6 Å². The van der Waals surface area contributed by atoms with Crippen LogP contribution in [-0.2, 0) is 44.5 Å². The van der Waals surface area contributed by atoms with Gasteiger partial charge in [-0.25, -0.2) is 22.3 Å². The number of carbonyl (C=O) groups is 1. The Morgan fingerprint density at radius 2 is 1.12 bits per heavy atom. The normalized spacial score (nSPS) is 12.2. The van der Waals surface area contributed by atoms with Crippen LogP contribution in [0.4, 0.5) is 0 Å². The van der Waals surface area contributed by atoms with E-state index in [0.717, 1.165) is 4.31 Å². The molecule has 0 radical (unpaired) electrons. The lowest BCUT2D eigenvalue weighted by molar-refractivity contribution is -0.121. The van der Waals surface area contributed by atoms with Crippen molar-refractivity contribution in [1.29, 1.82) is 0 Å². The third-order valence-corrected chi connectivity index (χ3v) is 11.5. The molecule has 4 aromatic carbocycles. The van der Waals surface area contributed by atoms with Crippen LogP contribution < -0.4 is 5.43 Å². The Morgan fingerprint density at radius 1 is 0.633 bits per heavy atom. The van der Waals surface area contributed by atoms with Gasteiger partial charge in [-0.2, -0.15) is 13.7 Å². The summed E-state index contributed by atoms with van der Waals surface area (Å²) in [6.45, 7) is -0.676. The zero-order valence-electron chi connectivity index (χ0n) is 25.6. The summed E-state index contributed by atoms with van der Waals surface area (Å²) < 4.78 is 62.3. The first kappa shape index (κ1) is 36.3. The molecule has 1 N–H and O–H groups in total. The van der Waals surface area contributed by atoms with Crippen molar-refractivity contribution >= 4 is 67.0 Å².